The molecule has 154 valence electrons. The number of aliphatic hydroxyl groups excluding tert-OH is 1. The Morgan fingerprint density at radius 3 is 3.07 bits per heavy atom. The van der Waals surface area contributed by atoms with Crippen molar-refractivity contribution in [2.75, 3.05) is 11.9 Å². The monoisotopic (exact) mass is 414 g/mol. The number of fused-ring (bicyclic) bond motifs is 2. The van der Waals surface area contributed by atoms with Crippen LogP contribution in [-0.2, 0) is 6.42 Å². The van der Waals surface area contributed by atoms with Gasteiger partial charge in [-0.2, -0.15) is 19.0 Å². The summed E-state index contributed by atoms with van der Waals surface area (Å²) in [4.78, 5) is 4.22. The van der Waals surface area contributed by atoms with Gasteiger partial charge in [0, 0.05) is 29.9 Å². The van der Waals surface area contributed by atoms with Gasteiger partial charge in [-0.1, -0.05) is 0 Å². The second kappa shape index (κ2) is 7.26. The molecule has 11 heteroatoms. The highest BCUT2D eigenvalue weighted by Gasteiger charge is 2.24. The SMILES string of the molecule is OC(Nc1cn[nH]c1-c1cc2c(cc1OC(F)F)CCO2)c1cnn2cccnc12. The first-order valence-corrected chi connectivity index (χ1v) is 9.11. The number of rotatable bonds is 6. The summed E-state index contributed by atoms with van der Waals surface area (Å²) >= 11 is 0. The molecule has 5 rings (SSSR count). The van der Waals surface area contributed by atoms with Gasteiger partial charge in [-0.3, -0.25) is 5.10 Å². The zero-order valence-electron chi connectivity index (χ0n) is 15.4. The Morgan fingerprint density at radius 1 is 1.30 bits per heavy atom. The molecule has 1 aliphatic rings. The summed E-state index contributed by atoms with van der Waals surface area (Å²) in [5, 5.41) is 24.5. The van der Waals surface area contributed by atoms with Crippen LogP contribution in [0.25, 0.3) is 16.9 Å². The molecule has 0 saturated carbocycles. The van der Waals surface area contributed by atoms with Crippen molar-refractivity contribution in [1.29, 1.82) is 0 Å². The van der Waals surface area contributed by atoms with Gasteiger partial charge >= 0.3 is 6.61 Å². The Hall–Kier alpha value is -3.73. The lowest BCUT2D eigenvalue weighted by Crippen LogP contribution is -2.10. The van der Waals surface area contributed by atoms with E-state index in [2.05, 4.69) is 25.6 Å². The summed E-state index contributed by atoms with van der Waals surface area (Å²) < 4.78 is 37.8. The van der Waals surface area contributed by atoms with Gasteiger partial charge in [0.25, 0.3) is 0 Å². The van der Waals surface area contributed by atoms with Crippen LogP contribution in [0.4, 0.5) is 14.5 Å². The Balaban J connectivity index is 1.51. The number of H-pyrrole nitrogens is 1. The van der Waals surface area contributed by atoms with Crippen LogP contribution in [0.2, 0.25) is 0 Å². The molecular formula is C19H16F2N6O3. The predicted octanol–water partition coefficient (Wildman–Crippen LogP) is 2.76. The van der Waals surface area contributed by atoms with E-state index in [-0.39, 0.29) is 5.75 Å². The number of aromatic nitrogens is 5. The normalized spacial score (nSPS) is 14.0. The molecule has 0 bridgehead atoms. The number of halogens is 2. The van der Waals surface area contributed by atoms with Crippen LogP contribution < -0.4 is 14.8 Å². The van der Waals surface area contributed by atoms with E-state index in [1.54, 1.807) is 30.6 Å². The van der Waals surface area contributed by atoms with Crippen molar-refractivity contribution in [3.8, 4) is 22.8 Å². The van der Waals surface area contributed by atoms with Gasteiger partial charge in [-0.25, -0.2) is 9.50 Å². The highest BCUT2D eigenvalue weighted by molar-refractivity contribution is 5.80. The number of nitrogens with one attached hydrogen (secondary N) is 2. The summed E-state index contributed by atoms with van der Waals surface area (Å²) in [6, 6.07) is 4.89. The molecular weight excluding hydrogens is 398 g/mol. The quantitative estimate of drug-likeness (QED) is 0.416. The smallest absolute Gasteiger partial charge is 0.387 e. The van der Waals surface area contributed by atoms with E-state index in [9.17, 15) is 13.9 Å². The molecule has 3 aromatic heterocycles. The van der Waals surface area contributed by atoms with Gasteiger partial charge in [-0.15, -0.1) is 0 Å². The Morgan fingerprint density at radius 2 is 2.20 bits per heavy atom. The minimum Gasteiger partial charge on any atom is -0.493 e. The lowest BCUT2D eigenvalue weighted by atomic mass is 10.0. The third-order valence-corrected chi connectivity index (χ3v) is 4.81. The van der Waals surface area contributed by atoms with Crippen molar-refractivity contribution in [3.05, 3.63) is 54.1 Å². The number of hydrogen-bond donors (Lipinski definition) is 3. The van der Waals surface area contributed by atoms with Crippen LogP contribution in [-0.4, -0.2) is 43.1 Å². The maximum atomic E-state index is 13.0. The first-order chi connectivity index (χ1) is 14.6. The molecule has 0 radical (unpaired) electrons. The van der Waals surface area contributed by atoms with Crippen LogP contribution in [0, 0.1) is 0 Å². The molecule has 1 aliphatic heterocycles. The largest absolute Gasteiger partial charge is 0.493 e. The van der Waals surface area contributed by atoms with Crippen molar-refractivity contribution < 1.29 is 23.4 Å². The number of hydrogen-bond acceptors (Lipinski definition) is 7. The fourth-order valence-corrected chi connectivity index (χ4v) is 3.46. The number of aromatic amines is 1. The van der Waals surface area contributed by atoms with Gasteiger partial charge in [0.1, 0.15) is 11.5 Å². The molecule has 0 spiro atoms. The van der Waals surface area contributed by atoms with Crippen LogP contribution in [0.3, 0.4) is 0 Å². The van der Waals surface area contributed by atoms with Crippen LogP contribution >= 0.6 is 0 Å². The van der Waals surface area contributed by atoms with E-state index in [0.717, 1.165) is 5.56 Å². The van der Waals surface area contributed by atoms with E-state index in [0.29, 0.717) is 46.9 Å². The van der Waals surface area contributed by atoms with Gasteiger partial charge in [-0.05, 0) is 18.2 Å². The topological polar surface area (TPSA) is 110 Å². The third kappa shape index (κ3) is 3.18. The average Bonchev–Trinajstić information content (AvgIpc) is 3.45. The highest BCUT2D eigenvalue weighted by Crippen LogP contribution is 2.41. The van der Waals surface area contributed by atoms with Gasteiger partial charge in [0.15, 0.2) is 11.9 Å². The van der Waals surface area contributed by atoms with E-state index in [1.165, 1.54) is 16.9 Å². The lowest BCUT2D eigenvalue weighted by molar-refractivity contribution is -0.0495. The van der Waals surface area contributed by atoms with Crippen molar-refractivity contribution >= 4 is 11.3 Å². The van der Waals surface area contributed by atoms with Gasteiger partial charge < -0.3 is 19.9 Å². The van der Waals surface area contributed by atoms with Crippen LogP contribution in [0.15, 0.2) is 43.0 Å². The maximum Gasteiger partial charge on any atom is 0.387 e. The Labute approximate surface area is 168 Å². The summed E-state index contributed by atoms with van der Waals surface area (Å²) in [6.07, 6.45) is 5.68. The highest BCUT2D eigenvalue weighted by atomic mass is 19.3. The first kappa shape index (κ1) is 18.3. The second-order valence-corrected chi connectivity index (χ2v) is 6.63. The Kier molecular flexibility index (Phi) is 4.43. The van der Waals surface area contributed by atoms with Crippen molar-refractivity contribution in [1.82, 2.24) is 24.8 Å². The van der Waals surface area contributed by atoms with Gasteiger partial charge in [0.2, 0.25) is 0 Å². The summed E-state index contributed by atoms with van der Waals surface area (Å²) in [5.74, 6) is 0.591. The molecule has 0 amide bonds. The molecule has 1 unspecified atom stereocenters. The number of nitrogens with zero attached hydrogens (tertiary/aromatic N) is 4. The maximum absolute atomic E-state index is 13.0. The molecule has 0 aliphatic carbocycles. The molecule has 1 aromatic carbocycles. The molecule has 30 heavy (non-hydrogen) atoms. The second-order valence-electron chi connectivity index (χ2n) is 6.63. The zero-order valence-corrected chi connectivity index (χ0v) is 15.4. The van der Waals surface area contributed by atoms with E-state index in [4.69, 9.17) is 9.47 Å². The fraction of sp³-hybridized carbons (Fsp3) is 0.211. The standard InChI is InChI=1S/C19H16F2N6O3/c20-19(21)30-15-6-10-2-5-29-14(10)7-11(15)16-13(9-23-26-16)25-18(28)12-8-24-27-4-1-3-22-17(12)27/h1,3-4,6-9,18-19,25,28H,2,5H2,(H,23,26). The van der Waals surface area contributed by atoms with E-state index < -0.39 is 12.8 Å². The van der Waals surface area contributed by atoms with Crippen molar-refractivity contribution in [2.45, 2.75) is 19.3 Å². The molecule has 3 N–H and O–H groups in total. The molecule has 4 heterocycles. The molecule has 9 nitrogen and oxygen atoms in total. The summed E-state index contributed by atoms with van der Waals surface area (Å²) in [6.45, 7) is -2.51. The van der Waals surface area contributed by atoms with E-state index in [1.807, 2.05) is 0 Å². The molecule has 1 atom stereocenters. The zero-order chi connectivity index (χ0) is 20.7. The number of aliphatic hydroxyl groups is 1. The van der Waals surface area contributed by atoms with Crippen molar-refractivity contribution in [2.24, 2.45) is 0 Å². The molecule has 0 saturated heterocycles. The predicted molar refractivity (Wildman–Crippen MR) is 101 cm³/mol. The molecule has 0 fully saturated rings. The minimum absolute atomic E-state index is 0.00584. The van der Waals surface area contributed by atoms with Crippen LogP contribution in [0.1, 0.15) is 17.4 Å². The van der Waals surface area contributed by atoms with E-state index >= 15 is 0 Å². The lowest BCUT2D eigenvalue weighted by Gasteiger charge is -2.16. The van der Waals surface area contributed by atoms with Crippen LogP contribution in [0.5, 0.6) is 11.5 Å². The fourth-order valence-electron chi connectivity index (χ4n) is 3.46. The summed E-state index contributed by atoms with van der Waals surface area (Å²) in [5.41, 5.74) is 2.81. The third-order valence-electron chi connectivity index (χ3n) is 4.81. The average molecular weight is 414 g/mol. The summed E-state index contributed by atoms with van der Waals surface area (Å²) in [7, 11) is 0. The number of ether oxygens (including phenoxy) is 2. The molecule has 4 aromatic rings. The number of benzene rings is 1. The first-order valence-electron chi connectivity index (χ1n) is 9.11. The number of alkyl halides is 2. The van der Waals surface area contributed by atoms with Crippen molar-refractivity contribution in [3.63, 3.8) is 0 Å². The Bertz CT molecular complexity index is 1210. The number of anilines is 1. The minimum atomic E-state index is -2.99. The van der Waals surface area contributed by atoms with Gasteiger partial charge in [0.05, 0.1) is 35.9 Å².